The molecule has 2 rings (SSSR count). The van der Waals surface area contributed by atoms with Gasteiger partial charge in [0.1, 0.15) is 0 Å². The standard InChI is InChI=1S/C18H26ClN3O2/c1-3-20(4-2)18(24)22-13-11-21(12-14-22)17(23)10-7-15-5-8-16(19)9-6-15/h5-6,8-9H,3-4,7,10-14H2,1-2H3. The minimum absolute atomic E-state index is 0.0771. The Balaban J connectivity index is 1.78. The third-order valence-electron chi connectivity index (χ3n) is 4.48. The topological polar surface area (TPSA) is 43.9 Å². The molecule has 0 aliphatic carbocycles. The Hall–Kier alpha value is -1.75. The third-order valence-corrected chi connectivity index (χ3v) is 4.73. The Morgan fingerprint density at radius 1 is 1.00 bits per heavy atom. The summed E-state index contributed by atoms with van der Waals surface area (Å²) in [5.41, 5.74) is 1.11. The second-order valence-corrected chi connectivity index (χ2v) is 6.39. The van der Waals surface area contributed by atoms with Crippen molar-refractivity contribution in [3.05, 3.63) is 34.9 Å². The maximum atomic E-state index is 12.3. The molecule has 0 spiro atoms. The molecule has 1 saturated heterocycles. The van der Waals surface area contributed by atoms with E-state index in [1.807, 2.05) is 52.8 Å². The third kappa shape index (κ3) is 4.87. The van der Waals surface area contributed by atoms with Gasteiger partial charge in [0, 0.05) is 50.7 Å². The van der Waals surface area contributed by atoms with Crippen LogP contribution in [0.2, 0.25) is 5.02 Å². The van der Waals surface area contributed by atoms with Gasteiger partial charge in [-0.2, -0.15) is 0 Å². The molecule has 1 aliphatic rings. The monoisotopic (exact) mass is 351 g/mol. The number of aryl methyl sites for hydroxylation is 1. The first kappa shape index (κ1) is 18.6. The molecule has 0 saturated carbocycles. The van der Waals surface area contributed by atoms with Crippen LogP contribution in [0.25, 0.3) is 0 Å². The van der Waals surface area contributed by atoms with Gasteiger partial charge in [0.25, 0.3) is 0 Å². The minimum atomic E-state index is 0.0771. The molecule has 0 N–H and O–H groups in total. The van der Waals surface area contributed by atoms with Gasteiger partial charge in [-0.15, -0.1) is 0 Å². The summed E-state index contributed by atoms with van der Waals surface area (Å²) in [4.78, 5) is 30.2. The van der Waals surface area contributed by atoms with Crippen LogP contribution >= 0.6 is 11.6 Å². The number of nitrogens with zero attached hydrogens (tertiary/aromatic N) is 3. The number of carbonyl (C=O) groups is 2. The van der Waals surface area contributed by atoms with E-state index in [0.29, 0.717) is 44.0 Å². The van der Waals surface area contributed by atoms with Crippen molar-refractivity contribution >= 4 is 23.5 Å². The molecule has 24 heavy (non-hydrogen) atoms. The van der Waals surface area contributed by atoms with Gasteiger partial charge in [-0.25, -0.2) is 4.79 Å². The van der Waals surface area contributed by atoms with Crippen LogP contribution in [0.15, 0.2) is 24.3 Å². The van der Waals surface area contributed by atoms with Crippen LogP contribution < -0.4 is 0 Å². The van der Waals surface area contributed by atoms with Gasteiger partial charge in [-0.3, -0.25) is 4.79 Å². The van der Waals surface area contributed by atoms with Crippen molar-refractivity contribution < 1.29 is 9.59 Å². The van der Waals surface area contributed by atoms with Crippen LogP contribution in [0.1, 0.15) is 25.8 Å². The Morgan fingerprint density at radius 2 is 1.54 bits per heavy atom. The zero-order chi connectivity index (χ0) is 17.5. The molecule has 6 heteroatoms. The first-order chi connectivity index (χ1) is 11.5. The quantitative estimate of drug-likeness (QED) is 0.818. The summed E-state index contributed by atoms with van der Waals surface area (Å²) < 4.78 is 0. The molecule has 1 aromatic rings. The number of rotatable bonds is 5. The van der Waals surface area contributed by atoms with Crippen molar-refractivity contribution in [3.8, 4) is 0 Å². The number of amides is 3. The highest BCUT2D eigenvalue weighted by Gasteiger charge is 2.25. The maximum absolute atomic E-state index is 12.3. The number of piperazine rings is 1. The minimum Gasteiger partial charge on any atom is -0.339 e. The predicted octanol–water partition coefficient (Wildman–Crippen LogP) is 2.88. The SMILES string of the molecule is CCN(CC)C(=O)N1CCN(C(=O)CCc2ccc(Cl)cc2)CC1. The van der Waals surface area contributed by atoms with Gasteiger partial charge in [0.2, 0.25) is 5.91 Å². The summed E-state index contributed by atoms with van der Waals surface area (Å²) in [6.07, 6.45) is 1.21. The van der Waals surface area contributed by atoms with Gasteiger partial charge >= 0.3 is 6.03 Å². The van der Waals surface area contributed by atoms with Crippen LogP contribution in [-0.2, 0) is 11.2 Å². The van der Waals surface area contributed by atoms with Crippen molar-refractivity contribution in [1.82, 2.24) is 14.7 Å². The van der Waals surface area contributed by atoms with Crippen LogP contribution in [0, 0.1) is 0 Å². The van der Waals surface area contributed by atoms with E-state index in [2.05, 4.69) is 0 Å². The molecule has 0 unspecified atom stereocenters. The summed E-state index contributed by atoms with van der Waals surface area (Å²) in [6, 6.07) is 7.68. The number of benzene rings is 1. The largest absolute Gasteiger partial charge is 0.339 e. The van der Waals surface area contributed by atoms with Crippen LogP contribution in [0.5, 0.6) is 0 Å². The molecule has 0 bridgehead atoms. The summed E-state index contributed by atoms with van der Waals surface area (Å²) in [5, 5.41) is 0.707. The van der Waals surface area contributed by atoms with E-state index in [1.54, 1.807) is 0 Å². The zero-order valence-corrected chi connectivity index (χ0v) is 15.3. The normalized spacial score (nSPS) is 14.6. The zero-order valence-electron chi connectivity index (χ0n) is 14.5. The van der Waals surface area contributed by atoms with E-state index in [4.69, 9.17) is 11.6 Å². The number of urea groups is 1. The highest BCUT2D eigenvalue weighted by molar-refractivity contribution is 6.30. The fourth-order valence-corrected chi connectivity index (χ4v) is 3.03. The van der Waals surface area contributed by atoms with Gasteiger partial charge in [-0.05, 0) is 38.0 Å². The lowest BCUT2D eigenvalue weighted by Gasteiger charge is -2.37. The Labute approximate surface area is 149 Å². The molecule has 1 fully saturated rings. The van der Waals surface area contributed by atoms with Crippen LogP contribution in [0.3, 0.4) is 0 Å². The summed E-state index contributed by atoms with van der Waals surface area (Å²) >= 11 is 5.87. The second kappa shape index (κ2) is 8.92. The first-order valence-corrected chi connectivity index (χ1v) is 8.99. The van der Waals surface area contributed by atoms with Crippen molar-refractivity contribution in [3.63, 3.8) is 0 Å². The average Bonchev–Trinajstić information content (AvgIpc) is 2.62. The average molecular weight is 352 g/mol. The number of carbonyl (C=O) groups excluding carboxylic acids is 2. The van der Waals surface area contributed by atoms with Crippen molar-refractivity contribution in [2.75, 3.05) is 39.3 Å². The Bertz CT molecular complexity index is 550. The number of hydrogen-bond donors (Lipinski definition) is 0. The molecule has 5 nitrogen and oxygen atoms in total. The van der Waals surface area contributed by atoms with Gasteiger partial charge in [-0.1, -0.05) is 23.7 Å². The molecule has 0 atom stereocenters. The lowest BCUT2D eigenvalue weighted by molar-refractivity contribution is -0.132. The van der Waals surface area contributed by atoms with E-state index in [9.17, 15) is 9.59 Å². The molecule has 132 valence electrons. The van der Waals surface area contributed by atoms with Crippen molar-refractivity contribution in [1.29, 1.82) is 0 Å². The summed E-state index contributed by atoms with van der Waals surface area (Å²) in [5.74, 6) is 0.153. The highest BCUT2D eigenvalue weighted by Crippen LogP contribution is 2.13. The molecular weight excluding hydrogens is 326 g/mol. The van der Waals surface area contributed by atoms with Gasteiger partial charge < -0.3 is 14.7 Å². The number of halogens is 1. The van der Waals surface area contributed by atoms with Crippen LogP contribution in [0.4, 0.5) is 4.79 Å². The van der Waals surface area contributed by atoms with Crippen molar-refractivity contribution in [2.24, 2.45) is 0 Å². The molecular formula is C18H26ClN3O2. The highest BCUT2D eigenvalue weighted by atomic mass is 35.5. The van der Waals surface area contributed by atoms with E-state index in [0.717, 1.165) is 18.7 Å². The molecule has 1 aromatic carbocycles. The van der Waals surface area contributed by atoms with E-state index in [1.165, 1.54) is 0 Å². The molecule has 0 radical (unpaired) electrons. The smallest absolute Gasteiger partial charge is 0.320 e. The lowest BCUT2D eigenvalue weighted by Crippen LogP contribution is -2.54. The molecule has 1 aliphatic heterocycles. The second-order valence-electron chi connectivity index (χ2n) is 5.95. The fraction of sp³-hybridized carbons (Fsp3) is 0.556. The maximum Gasteiger partial charge on any atom is 0.320 e. The Morgan fingerprint density at radius 3 is 2.08 bits per heavy atom. The first-order valence-electron chi connectivity index (χ1n) is 8.61. The van der Waals surface area contributed by atoms with Crippen molar-refractivity contribution in [2.45, 2.75) is 26.7 Å². The van der Waals surface area contributed by atoms with Crippen LogP contribution in [-0.4, -0.2) is 65.9 Å². The van der Waals surface area contributed by atoms with E-state index >= 15 is 0 Å². The lowest BCUT2D eigenvalue weighted by atomic mass is 10.1. The van der Waals surface area contributed by atoms with E-state index in [-0.39, 0.29) is 11.9 Å². The number of hydrogen-bond acceptors (Lipinski definition) is 2. The summed E-state index contributed by atoms with van der Waals surface area (Å²) in [6.45, 7) is 7.87. The molecule has 0 aromatic heterocycles. The van der Waals surface area contributed by atoms with E-state index < -0.39 is 0 Å². The molecule has 1 heterocycles. The van der Waals surface area contributed by atoms with Gasteiger partial charge in [0.05, 0.1) is 0 Å². The summed E-state index contributed by atoms with van der Waals surface area (Å²) in [7, 11) is 0. The predicted molar refractivity (Wildman–Crippen MR) is 96.2 cm³/mol. The van der Waals surface area contributed by atoms with Gasteiger partial charge in [0.15, 0.2) is 0 Å². The fourth-order valence-electron chi connectivity index (χ4n) is 2.90. The molecule has 3 amide bonds. The Kier molecular flexibility index (Phi) is 6.91.